The average Bonchev–Trinajstić information content (AvgIpc) is 3.03. The number of hydrogen-bond acceptors (Lipinski definition) is 8. The Morgan fingerprint density at radius 3 is 2.02 bits per heavy atom. The van der Waals surface area contributed by atoms with Crippen molar-refractivity contribution in [3.05, 3.63) is 46.5 Å². The van der Waals surface area contributed by atoms with Gasteiger partial charge in [-0.05, 0) is 82.6 Å². The van der Waals surface area contributed by atoms with Crippen molar-refractivity contribution < 1.29 is 38.4 Å². The van der Waals surface area contributed by atoms with Gasteiger partial charge in [0.1, 0.15) is 23.0 Å². The lowest BCUT2D eigenvalue weighted by Crippen LogP contribution is -2.33. The number of unbranched alkanes of at least 4 members (excludes halogenated alkanes) is 9. The highest BCUT2D eigenvalue weighted by atomic mass is 16.6. The van der Waals surface area contributed by atoms with E-state index in [1.807, 2.05) is 13.0 Å². The minimum Gasteiger partial charge on any atom is -0.507 e. The number of aryl methyl sites for hydroxylation is 1. The molecular formula is C38H54O8. The van der Waals surface area contributed by atoms with E-state index in [1.54, 1.807) is 18.2 Å². The zero-order chi connectivity index (χ0) is 33.3. The summed E-state index contributed by atoms with van der Waals surface area (Å²) in [7, 11) is 0. The van der Waals surface area contributed by atoms with Crippen molar-refractivity contribution in [2.24, 2.45) is 0 Å². The van der Waals surface area contributed by atoms with Gasteiger partial charge in [-0.2, -0.15) is 0 Å². The molecule has 1 aliphatic rings. The van der Waals surface area contributed by atoms with Crippen LogP contribution in [0.5, 0.6) is 23.0 Å². The normalized spacial score (nSPS) is 13.9. The van der Waals surface area contributed by atoms with Crippen LogP contribution < -0.4 is 14.2 Å². The Balaban J connectivity index is 1.43. The van der Waals surface area contributed by atoms with Crippen molar-refractivity contribution in [2.45, 2.75) is 130 Å². The smallest absolute Gasteiger partial charge is 0.347 e. The van der Waals surface area contributed by atoms with Gasteiger partial charge in [-0.3, -0.25) is 9.59 Å². The number of esters is 1. The zero-order valence-corrected chi connectivity index (χ0v) is 28.4. The molecule has 1 atom stereocenters. The molecule has 0 spiro atoms. The van der Waals surface area contributed by atoms with E-state index >= 15 is 0 Å². The molecule has 3 rings (SSSR count). The number of Topliss-reactive ketones (excluding diaryl/α,β-unsaturated/α-hetero) is 2. The predicted molar refractivity (Wildman–Crippen MR) is 180 cm³/mol. The fourth-order valence-electron chi connectivity index (χ4n) is 5.75. The van der Waals surface area contributed by atoms with Crippen LogP contribution >= 0.6 is 0 Å². The lowest BCUT2D eigenvalue weighted by molar-refractivity contribution is -0.152. The first kappa shape index (κ1) is 36.9. The maximum Gasteiger partial charge on any atom is 0.347 e. The molecule has 1 N–H and O–H groups in total. The van der Waals surface area contributed by atoms with Crippen LogP contribution in [0.3, 0.4) is 0 Å². The summed E-state index contributed by atoms with van der Waals surface area (Å²) in [5.74, 6) is 1.05. The molecule has 0 aliphatic carbocycles. The van der Waals surface area contributed by atoms with E-state index in [2.05, 4.69) is 6.92 Å². The Bertz CT molecular complexity index is 1280. The topological polar surface area (TPSA) is 108 Å². The summed E-state index contributed by atoms with van der Waals surface area (Å²) in [6, 6.07) is 6.93. The lowest BCUT2D eigenvalue weighted by atomic mass is 9.98. The molecule has 0 bridgehead atoms. The highest BCUT2D eigenvalue weighted by molar-refractivity contribution is 5.98. The summed E-state index contributed by atoms with van der Waals surface area (Å²) in [4.78, 5) is 36.9. The van der Waals surface area contributed by atoms with Crippen LogP contribution in [0, 0.1) is 0 Å². The first-order chi connectivity index (χ1) is 22.3. The SMILES string of the molecule is CCCCCCCCCCOC(=O)C1CCc2cc(C(C)=O)c(OCCCCCOc3ccc(C(C)=O)c(O)c3CCC)cc2O1. The van der Waals surface area contributed by atoms with Crippen LogP contribution in [0.25, 0.3) is 0 Å². The quantitative estimate of drug-likeness (QED) is 0.0775. The first-order valence-electron chi connectivity index (χ1n) is 17.4. The van der Waals surface area contributed by atoms with Crippen molar-refractivity contribution in [3.8, 4) is 23.0 Å². The third-order valence-electron chi connectivity index (χ3n) is 8.42. The van der Waals surface area contributed by atoms with Crippen molar-refractivity contribution in [1.82, 2.24) is 0 Å². The van der Waals surface area contributed by atoms with Gasteiger partial charge in [-0.25, -0.2) is 4.79 Å². The summed E-state index contributed by atoms with van der Waals surface area (Å²) >= 11 is 0. The molecule has 8 nitrogen and oxygen atoms in total. The summed E-state index contributed by atoms with van der Waals surface area (Å²) in [5.41, 5.74) is 2.39. The Morgan fingerprint density at radius 2 is 1.37 bits per heavy atom. The third kappa shape index (κ3) is 11.4. The highest BCUT2D eigenvalue weighted by Gasteiger charge is 2.29. The van der Waals surface area contributed by atoms with Crippen LogP contribution in [-0.2, 0) is 22.4 Å². The molecule has 1 aliphatic heterocycles. The van der Waals surface area contributed by atoms with Gasteiger partial charge in [0.25, 0.3) is 0 Å². The first-order valence-corrected chi connectivity index (χ1v) is 17.4. The standard InChI is InChI=1S/C38H54O8/c1-5-7-8-9-10-11-12-14-24-45-38(42)34-20-18-29-25-32(28(4)40)36(26-35(29)46-34)44-23-16-13-15-22-43-33-21-19-30(27(3)39)37(41)31(33)17-6-2/h19,21,25-26,34,41H,5-18,20,22-24H2,1-4H3. The van der Waals surface area contributed by atoms with Gasteiger partial charge in [-0.15, -0.1) is 0 Å². The molecule has 0 radical (unpaired) electrons. The number of hydrogen-bond donors (Lipinski definition) is 1. The van der Waals surface area contributed by atoms with E-state index in [9.17, 15) is 19.5 Å². The molecule has 1 heterocycles. The highest BCUT2D eigenvalue weighted by Crippen LogP contribution is 2.36. The van der Waals surface area contributed by atoms with Crippen molar-refractivity contribution in [1.29, 1.82) is 0 Å². The maximum atomic E-state index is 12.7. The average molecular weight is 639 g/mol. The van der Waals surface area contributed by atoms with E-state index in [0.717, 1.165) is 44.1 Å². The molecule has 2 aromatic carbocycles. The Hall–Kier alpha value is -3.55. The Labute approximate surface area is 275 Å². The summed E-state index contributed by atoms with van der Waals surface area (Å²) in [6.45, 7) is 8.50. The van der Waals surface area contributed by atoms with Gasteiger partial charge in [0.05, 0.1) is 30.9 Å². The number of ether oxygens (including phenoxy) is 4. The van der Waals surface area contributed by atoms with Crippen LogP contribution in [0.15, 0.2) is 24.3 Å². The van der Waals surface area contributed by atoms with Crippen molar-refractivity contribution in [2.75, 3.05) is 19.8 Å². The van der Waals surface area contributed by atoms with Crippen LogP contribution in [-0.4, -0.2) is 48.6 Å². The molecular weight excluding hydrogens is 584 g/mol. The molecule has 0 saturated heterocycles. The van der Waals surface area contributed by atoms with Gasteiger partial charge in [0, 0.05) is 11.6 Å². The summed E-state index contributed by atoms with van der Waals surface area (Å²) < 4.78 is 23.6. The van der Waals surface area contributed by atoms with Gasteiger partial charge < -0.3 is 24.1 Å². The predicted octanol–water partition coefficient (Wildman–Crippen LogP) is 8.76. The molecule has 254 valence electrons. The maximum absolute atomic E-state index is 12.7. The van der Waals surface area contributed by atoms with Crippen LogP contribution in [0.1, 0.15) is 143 Å². The molecule has 0 amide bonds. The summed E-state index contributed by atoms with van der Waals surface area (Å²) in [6.07, 6.45) is 13.8. The van der Waals surface area contributed by atoms with Gasteiger partial charge >= 0.3 is 5.97 Å². The lowest BCUT2D eigenvalue weighted by Gasteiger charge is -2.26. The number of rotatable bonds is 22. The second-order valence-electron chi connectivity index (χ2n) is 12.3. The largest absolute Gasteiger partial charge is 0.507 e. The van der Waals surface area contributed by atoms with Crippen molar-refractivity contribution >= 4 is 17.5 Å². The molecule has 2 aromatic rings. The van der Waals surface area contributed by atoms with Gasteiger partial charge in [0.15, 0.2) is 17.7 Å². The number of fused-ring (bicyclic) bond motifs is 1. The molecule has 0 saturated carbocycles. The fraction of sp³-hybridized carbons (Fsp3) is 0.605. The molecule has 0 aromatic heterocycles. The monoisotopic (exact) mass is 638 g/mol. The molecule has 46 heavy (non-hydrogen) atoms. The number of benzene rings is 2. The number of aromatic hydroxyl groups is 1. The van der Waals surface area contributed by atoms with E-state index < -0.39 is 6.10 Å². The van der Waals surface area contributed by atoms with Crippen LogP contribution in [0.4, 0.5) is 0 Å². The number of carbonyl (C=O) groups excluding carboxylic acids is 3. The number of ketones is 2. The van der Waals surface area contributed by atoms with E-state index in [1.165, 1.54) is 52.4 Å². The second kappa shape index (κ2) is 19.9. The summed E-state index contributed by atoms with van der Waals surface area (Å²) in [5, 5.41) is 10.5. The van der Waals surface area contributed by atoms with E-state index in [-0.39, 0.29) is 23.3 Å². The number of phenols is 1. The minimum absolute atomic E-state index is 0.0116. The third-order valence-corrected chi connectivity index (χ3v) is 8.42. The van der Waals surface area contributed by atoms with Gasteiger partial charge in [0.2, 0.25) is 0 Å². The van der Waals surface area contributed by atoms with Crippen LogP contribution in [0.2, 0.25) is 0 Å². The van der Waals surface area contributed by atoms with E-state index in [0.29, 0.717) is 73.0 Å². The zero-order valence-electron chi connectivity index (χ0n) is 28.4. The molecule has 0 fully saturated rings. The minimum atomic E-state index is -0.656. The van der Waals surface area contributed by atoms with Crippen molar-refractivity contribution in [3.63, 3.8) is 0 Å². The number of phenolic OH excluding ortho intramolecular Hbond substituents is 1. The fourth-order valence-corrected chi connectivity index (χ4v) is 5.75. The Kier molecular flexibility index (Phi) is 15.9. The Morgan fingerprint density at radius 1 is 0.761 bits per heavy atom. The molecule has 1 unspecified atom stereocenters. The second-order valence-corrected chi connectivity index (χ2v) is 12.3. The molecule has 8 heteroatoms. The van der Waals surface area contributed by atoms with E-state index in [4.69, 9.17) is 18.9 Å². The number of carbonyl (C=O) groups is 3. The van der Waals surface area contributed by atoms with Gasteiger partial charge in [-0.1, -0.05) is 65.2 Å².